The molecule has 0 unspecified atom stereocenters. The second kappa shape index (κ2) is 16.6. The van der Waals surface area contributed by atoms with Gasteiger partial charge < -0.3 is 29.7 Å². The van der Waals surface area contributed by atoms with E-state index >= 15 is 4.79 Å². The lowest BCUT2D eigenvalue weighted by Gasteiger charge is -2.46. The number of fused-ring (bicyclic) bond motifs is 3. The summed E-state index contributed by atoms with van der Waals surface area (Å²) in [7, 11) is 2.74. The van der Waals surface area contributed by atoms with E-state index in [-0.39, 0.29) is 17.0 Å². The van der Waals surface area contributed by atoms with Crippen molar-refractivity contribution >= 4 is 35.5 Å². The monoisotopic (exact) mass is 833 g/mol. The highest BCUT2D eigenvalue weighted by molar-refractivity contribution is 6.24. The number of benzene rings is 5. The van der Waals surface area contributed by atoms with Gasteiger partial charge in [0.2, 0.25) is 5.91 Å². The molecule has 5 aromatic carbocycles. The molecule has 13 nitrogen and oxygen atoms in total. The van der Waals surface area contributed by atoms with Gasteiger partial charge in [0.25, 0.3) is 0 Å². The first-order valence-corrected chi connectivity index (χ1v) is 20.0. The maximum Gasteiger partial charge on any atom is 0.329 e. The van der Waals surface area contributed by atoms with Gasteiger partial charge in [0.15, 0.2) is 0 Å². The highest BCUT2D eigenvalue weighted by Gasteiger charge is 2.76. The minimum absolute atomic E-state index is 0.0361. The fourth-order valence-corrected chi connectivity index (χ4v) is 9.26. The summed E-state index contributed by atoms with van der Waals surface area (Å²) in [5, 5.41) is 24.8. The van der Waals surface area contributed by atoms with E-state index in [1.165, 1.54) is 25.3 Å². The lowest BCUT2D eigenvalue weighted by molar-refractivity contribution is -0.179. The molecule has 314 valence electrons. The van der Waals surface area contributed by atoms with Crippen LogP contribution in [0.2, 0.25) is 0 Å². The zero-order chi connectivity index (χ0) is 43.9. The number of phenolic OH excluding ortho intramolecular Hbond substituents is 1. The van der Waals surface area contributed by atoms with Crippen LogP contribution in [-0.4, -0.2) is 71.3 Å². The van der Waals surface area contributed by atoms with Crippen molar-refractivity contribution in [2.45, 2.75) is 49.5 Å². The Bertz CT molecular complexity index is 2610. The average Bonchev–Trinajstić information content (AvgIpc) is 3.74. The number of aliphatic carboxylic acids is 1. The number of methoxy groups -OCH3 is 2. The Balaban J connectivity index is 1.42. The number of carbonyl (C=O) groups is 5. The van der Waals surface area contributed by atoms with E-state index in [9.17, 15) is 29.4 Å². The minimum atomic E-state index is -2.23. The number of anilines is 1. The van der Waals surface area contributed by atoms with Crippen molar-refractivity contribution in [3.8, 4) is 23.3 Å². The van der Waals surface area contributed by atoms with Crippen molar-refractivity contribution in [1.29, 1.82) is 0 Å². The van der Waals surface area contributed by atoms with Gasteiger partial charge in [-0.05, 0) is 82.8 Å². The number of cyclic esters (lactones) is 1. The van der Waals surface area contributed by atoms with Gasteiger partial charge in [-0.15, -0.1) is 0 Å². The standard InChI is InChI=1S/C49H43N3O10/c1-28(2)39(45(56)61-4)50-48(59)51-37-26-19-30(16-15-29-17-24-35(60-3)25-18-29)27-36(37)49(47(51)58)38(44(54)55)41-46(57)62-42(32-13-9-6-10-14-32)40(31-11-7-5-8-12-31)52(41)43(49)33-20-22-34(53)23-21-33/h5-14,17-28,38-43,53H,1-4H3,(H,50,59)(H,54,55)/t38-,39+,40-,41-,42+,43+,49-/m1/s1. The van der Waals surface area contributed by atoms with E-state index in [2.05, 4.69) is 17.2 Å². The van der Waals surface area contributed by atoms with Crippen LogP contribution in [0.3, 0.4) is 0 Å². The quantitative estimate of drug-likeness (QED) is 0.116. The first-order chi connectivity index (χ1) is 29.9. The summed E-state index contributed by atoms with van der Waals surface area (Å²) in [6.45, 7) is 3.40. The third-order valence-corrected chi connectivity index (χ3v) is 12.0. The number of hydrogen-bond acceptors (Lipinski definition) is 10. The van der Waals surface area contributed by atoms with Crippen molar-refractivity contribution in [3.63, 3.8) is 0 Å². The Labute approximate surface area is 357 Å². The number of ether oxygens (including phenoxy) is 3. The molecule has 5 aromatic rings. The summed E-state index contributed by atoms with van der Waals surface area (Å²) < 4.78 is 16.6. The van der Waals surface area contributed by atoms with Gasteiger partial charge in [-0.25, -0.2) is 14.5 Å². The van der Waals surface area contributed by atoms with Crippen molar-refractivity contribution in [2.24, 2.45) is 11.8 Å². The van der Waals surface area contributed by atoms with Gasteiger partial charge in [-0.1, -0.05) is 98.5 Å². The first-order valence-electron chi connectivity index (χ1n) is 20.0. The highest BCUT2D eigenvalue weighted by atomic mass is 16.6. The minimum Gasteiger partial charge on any atom is -0.508 e. The van der Waals surface area contributed by atoms with Crippen LogP contribution in [0.5, 0.6) is 11.5 Å². The van der Waals surface area contributed by atoms with E-state index in [0.29, 0.717) is 33.6 Å². The Hall–Kier alpha value is -7.43. The van der Waals surface area contributed by atoms with E-state index in [0.717, 1.165) is 4.90 Å². The largest absolute Gasteiger partial charge is 0.508 e. The van der Waals surface area contributed by atoms with Crippen LogP contribution in [-0.2, 0) is 34.1 Å². The number of nitrogens with zero attached hydrogens (tertiary/aromatic N) is 2. The molecule has 2 saturated heterocycles. The fourth-order valence-electron chi connectivity index (χ4n) is 9.26. The topological polar surface area (TPSA) is 172 Å². The summed E-state index contributed by atoms with van der Waals surface area (Å²) in [5.74, 6) is 0.402. The number of amides is 3. The highest BCUT2D eigenvalue weighted by Crippen LogP contribution is 2.66. The number of carboxylic acid groups (broad SMARTS) is 1. The van der Waals surface area contributed by atoms with Crippen LogP contribution in [0.15, 0.2) is 127 Å². The molecule has 8 rings (SSSR count). The molecule has 0 aliphatic carbocycles. The van der Waals surface area contributed by atoms with Crippen LogP contribution in [0.25, 0.3) is 0 Å². The SMILES string of the molecule is COC(=O)[C@@H](NC(=O)N1C(=O)[C@@]2(c3cc(C#Cc4ccc(OC)cc4)ccc31)[C@H](c1ccc(O)cc1)N1[C@H](c3ccccc3)[C@H](c3ccccc3)OC(=O)[C@H]1[C@@H]2C(=O)O)C(C)C. The van der Waals surface area contributed by atoms with Crippen molar-refractivity contribution in [2.75, 3.05) is 19.1 Å². The molecule has 3 amide bonds. The number of hydrogen-bond donors (Lipinski definition) is 3. The smallest absolute Gasteiger partial charge is 0.329 e. The van der Waals surface area contributed by atoms with Crippen LogP contribution in [0.4, 0.5) is 10.5 Å². The second-order valence-corrected chi connectivity index (χ2v) is 15.7. The van der Waals surface area contributed by atoms with E-state index in [1.54, 1.807) is 86.5 Å². The van der Waals surface area contributed by atoms with Gasteiger partial charge in [-0.3, -0.25) is 19.3 Å². The van der Waals surface area contributed by atoms with Gasteiger partial charge in [0.05, 0.1) is 32.0 Å². The Morgan fingerprint density at radius 3 is 1.98 bits per heavy atom. The number of carboxylic acids is 1. The number of imide groups is 1. The number of esters is 2. The fraction of sp³-hybridized carbons (Fsp3) is 0.245. The lowest BCUT2D eigenvalue weighted by Crippen LogP contribution is -2.56. The van der Waals surface area contributed by atoms with E-state index in [4.69, 9.17) is 14.2 Å². The molecule has 0 aromatic heterocycles. The summed E-state index contributed by atoms with van der Waals surface area (Å²) in [4.78, 5) is 75.2. The predicted octanol–water partition coefficient (Wildman–Crippen LogP) is 6.46. The molecule has 1 spiro atoms. The molecule has 3 aliphatic heterocycles. The van der Waals surface area contributed by atoms with Crippen molar-refractivity contribution in [1.82, 2.24) is 10.2 Å². The maximum atomic E-state index is 16.0. The van der Waals surface area contributed by atoms with Gasteiger partial charge >= 0.3 is 23.9 Å². The summed E-state index contributed by atoms with van der Waals surface area (Å²) in [6.07, 6.45) is -0.976. The molecule has 3 heterocycles. The van der Waals surface area contributed by atoms with Crippen LogP contribution in [0.1, 0.15) is 65.4 Å². The molecule has 0 bridgehead atoms. The van der Waals surface area contributed by atoms with E-state index < -0.39 is 77.4 Å². The molecule has 3 N–H and O–H groups in total. The van der Waals surface area contributed by atoms with Gasteiger partial charge in [-0.2, -0.15) is 0 Å². The summed E-state index contributed by atoms with van der Waals surface area (Å²) >= 11 is 0. The predicted molar refractivity (Wildman–Crippen MR) is 226 cm³/mol. The van der Waals surface area contributed by atoms with Crippen LogP contribution >= 0.6 is 0 Å². The van der Waals surface area contributed by atoms with Crippen LogP contribution in [0, 0.1) is 23.7 Å². The number of aromatic hydroxyl groups is 1. The molecule has 62 heavy (non-hydrogen) atoms. The van der Waals surface area contributed by atoms with Crippen LogP contribution < -0.4 is 15.0 Å². The average molecular weight is 834 g/mol. The second-order valence-electron chi connectivity index (χ2n) is 15.7. The maximum absolute atomic E-state index is 16.0. The lowest BCUT2D eigenvalue weighted by atomic mass is 9.65. The molecule has 13 heteroatoms. The Morgan fingerprint density at radius 1 is 0.774 bits per heavy atom. The molecule has 3 aliphatic rings. The zero-order valence-electron chi connectivity index (χ0n) is 34.2. The van der Waals surface area contributed by atoms with Gasteiger partial charge in [0, 0.05) is 11.1 Å². The zero-order valence-corrected chi connectivity index (χ0v) is 34.2. The first kappa shape index (κ1) is 41.3. The van der Waals surface area contributed by atoms with Crippen molar-refractivity contribution < 1.29 is 48.4 Å². The molecule has 2 fully saturated rings. The third-order valence-electron chi connectivity index (χ3n) is 12.0. The Kier molecular flexibility index (Phi) is 11.0. The number of rotatable bonds is 8. The number of morpholine rings is 1. The summed E-state index contributed by atoms with van der Waals surface area (Å²) in [6, 6.07) is 30.1. The number of nitrogens with one attached hydrogen (secondary N) is 1. The summed E-state index contributed by atoms with van der Waals surface area (Å²) in [5.41, 5.74) is 0.627. The normalized spacial score (nSPS) is 23.1. The number of carbonyl (C=O) groups excluding carboxylic acids is 4. The van der Waals surface area contributed by atoms with E-state index in [1.807, 2.05) is 48.5 Å². The Morgan fingerprint density at radius 2 is 1.39 bits per heavy atom. The van der Waals surface area contributed by atoms with Crippen molar-refractivity contribution in [3.05, 3.63) is 161 Å². The molecule has 0 saturated carbocycles. The molecular formula is C49H43N3O10. The van der Waals surface area contributed by atoms with Gasteiger partial charge in [0.1, 0.15) is 41.0 Å². The molecular weight excluding hydrogens is 791 g/mol. The third kappa shape index (κ3) is 6.88. The number of phenols is 1. The molecule has 0 radical (unpaired) electrons. The molecule has 7 atom stereocenters. The number of urea groups is 1.